The van der Waals surface area contributed by atoms with Crippen LogP contribution in [0.3, 0.4) is 0 Å². The molecule has 35 heavy (non-hydrogen) atoms. The van der Waals surface area contributed by atoms with Crippen molar-refractivity contribution in [2.75, 3.05) is 11.4 Å². The van der Waals surface area contributed by atoms with Crippen LogP contribution in [0.25, 0.3) is 0 Å². The van der Waals surface area contributed by atoms with Crippen LogP contribution in [-0.2, 0) is 15.6 Å². The molecule has 0 saturated heterocycles. The largest absolute Gasteiger partial charge is 0.339 e. The number of amides is 1. The van der Waals surface area contributed by atoms with E-state index in [2.05, 4.69) is 46.8 Å². The van der Waals surface area contributed by atoms with Crippen LogP contribution in [0.2, 0.25) is 0 Å². The summed E-state index contributed by atoms with van der Waals surface area (Å²) in [5, 5.41) is 4.41. The summed E-state index contributed by atoms with van der Waals surface area (Å²) in [6, 6.07) is 3.78. The van der Waals surface area contributed by atoms with Crippen LogP contribution >= 0.6 is 15.9 Å². The number of anilines is 1. The van der Waals surface area contributed by atoms with Crippen molar-refractivity contribution in [1.29, 1.82) is 0 Å². The molecule has 0 aromatic carbocycles. The summed E-state index contributed by atoms with van der Waals surface area (Å²) >= 11 is 3.45. The van der Waals surface area contributed by atoms with Crippen LogP contribution in [0.5, 0.6) is 0 Å². The molecule has 2 heterocycles. The van der Waals surface area contributed by atoms with Gasteiger partial charge in [-0.25, -0.2) is 9.37 Å². The summed E-state index contributed by atoms with van der Waals surface area (Å²) in [7, 11) is 0. The molecule has 0 atom stereocenters. The average Bonchev–Trinajstić information content (AvgIpc) is 3.33. The molecule has 0 N–H and O–H groups in total. The van der Waals surface area contributed by atoms with E-state index in [4.69, 9.17) is 9.51 Å². The SMILES string of the molecule is CC(C)(C)c1nc(C23CCC(CN(C(=O)CCC4(F)CCC4)c4ccnc(Br)c4)(CC2)CC3)no1. The molecule has 2 bridgehead atoms. The Labute approximate surface area is 215 Å². The molecule has 6 nitrogen and oxygen atoms in total. The van der Waals surface area contributed by atoms with E-state index in [0.717, 1.165) is 56.5 Å². The normalized spacial score (nSPS) is 27.5. The molecular formula is C27H36BrFN4O2. The lowest BCUT2D eigenvalue weighted by atomic mass is 9.53. The summed E-state index contributed by atoms with van der Waals surface area (Å²) in [5.41, 5.74) is -0.429. The minimum atomic E-state index is -1.15. The molecule has 0 aliphatic heterocycles. The van der Waals surface area contributed by atoms with Crippen molar-refractivity contribution in [3.63, 3.8) is 0 Å². The number of alkyl halides is 1. The van der Waals surface area contributed by atoms with Gasteiger partial charge in [0.05, 0.1) is 0 Å². The molecule has 8 heteroatoms. The number of rotatable bonds is 7. The van der Waals surface area contributed by atoms with Gasteiger partial charge in [0.1, 0.15) is 10.3 Å². The van der Waals surface area contributed by atoms with Gasteiger partial charge in [-0.3, -0.25) is 4.79 Å². The predicted molar refractivity (Wildman–Crippen MR) is 136 cm³/mol. The van der Waals surface area contributed by atoms with E-state index in [9.17, 15) is 9.18 Å². The second kappa shape index (κ2) is 8.93. The highest BCUT2D eigenvalue weighted by Gasteiger charge is 2.52. The van der Waals surface area contributed by atoms with Gasteiger partial charge >= 0.3 is 0 Å². The molecule has 0 unspecified atom stereocenters. The third-order valence-electron chi connectivity index (χ3n) is 8.80. The molecule has 0 radical (unpaired) electrons. The number of carbonyl (C=O) groups excluding carboxylic acids is 1. The standard InChI is InChI=1S/C27H36BrFN4O2/c1-24(2,3)23-31-22(32-35-23)26-13-10-25(11-14-26,12-15-26)18-33(19-6-16-30-20(28)17-19)21(34)5-9-27(29)7-4-8-27/h6,16-17H,4-5,7-15,18H2,1-3H3. The van der Waals surface area contributed by atoms with Gasteiger partial charge in [0.2, 0.25) is 11.8 Å². The first-order chi connectivity index (χ1) is 16.5. The van der Waals surface area contributed by atoms with Gasteiger partial charge in [-0.15, -0.1) is 0 Å². The number of carbonyl (C=O) groups is 1. The van der Waals surface area contributed by atoms with E-state index < -0.39 is 5.67 Å². The lowest BCUT2D eigenvalue weighted by Gasteiger charge is -2.53. The van der Waals surface area contributed by atoms with Gasteiger partial charge in [0, 0.05) is 35.7 Å². The first-order valence-electron chi connectivity index (χ1n) is 13.0. The molecule has 4 fully saturated rings. The maximum Gasteiger partial charge on any atom is 0.232 e. The van der Waals surface area contributed by atoms with E-state index in [1.54, 1.807) is 6.20 Å². The highest BCUT2D eigenvalue weighted by molar-refractivity contribution is 9.10. The van der Waals surface area contributed by atoms with Crippen molar-refractivity contribution in [2.24, 2.45) is 5.41 Å². The molecule has 190 valence electrons. The van der Waals surface area contributed by atoms with E-state index in [0.29, 0.717) is 36.3 Å². The van der Waals surface area contributed by atoms with Crippen LogP contribution in [0.1, 0.15) is 103 Å². The van der Waals surface area contributed by atoms with E-state index in [1.807, 2.05) is 17.0 Å². The van der Waals surface area contributed by atoms with Gasteiger partial charge < -0.3 is 9.42 Å². The number of aromatic nitrogens is 3. The topological polar surface area (TPSA) is 72.1 Å². The zero-order chi connectivity index (χ0) is 24.9. The predicted octanol–water partition coefficient (Wildman–Crippen LogP) is 6.82. The van der Waals surface area contributed by atoms with Gasteiger partial charge in [-0.2, -0.15) is 4.98 Å². The van der Waals surface area contributed by atoms with Gasteiger partial charge in [0.25, 0.3) is 0 Å². The molecule has 0 spiro atoms. The van der Waals surface area contributed by atoms with Crippen molar-refractivity contribution in [2.45, 2.75) is 108 Å². The van der Waals surface area contributed by atoms with E-state index in [1.165, 1.54) is 0 Å². The molecule has 4 aliphatic rings. The van der Waals surface area contributed by atoms with Gasteiger partial charge in [0.15, 0.2) is 5.82 Å². The van der Waals surface area contributed by atoms with Crippen molar-refractivity contribution in [1.82, 2.24) is 15.1 Å². The van der Waals surface area contributed by atoms with E-state index >= 15 is 0 Å². The molecule has 4 aliphatic carbocycles. The fourth-order valence-electron chi connectivity index (χ4n) is 6.07. The van der Waals surface area contributed by atoms with Gasteiger partial charge in [-0.05, 0) is 97.7 Å². The van der Waals surface area contributed by atoms with Crippen molar-refractivity contribution < 1.29 is 13.7 Å². The number of halogens is 2. The quantitative estimate of drug-likeness (QED) is 0.356. The Morgan fingerprint density at radius 3 is 2.37 bits per heavy atom. The fraction of sp³-hybridized carbons (Fsp3) is 0.704. The first-order valence-corrected chi connectivity index (χ1v) is 13.8. The summed E-state index contributed by atoms with van der Waals surface area (Å²) in [4.78, 5) is 24.4. The second-order valence-electron chi connectivity index (χ2n) is 12.3. The van der Waals surface area contributed by atoms with Crippen LogP contribution in [0, 0.1) is 5.41 Å². The highest BCUT2D eigenvalue weighted by Crippen LogP contribution is 2.57. The minimum absolute atomic E-state index is 0.0109. The number of hydrogen-bond donors (Lipinski definition) is 0. The first kappa shape index (κ1) is 24.8. The van der Waals surface area contributed by atoms with Crippen LogP contribution in [0.15, 0.2) is 27.5 Å². The Kier molecular flexibility index (Phi) is 6.34. The van der Waals surface area contributed by atoms with Crippen molar-refractivity contribution >= 4 is 27.5 Å². The molecule has 4 saturated carbocycles. The average molecular weight is 548 g/mol. The third-order valence-corrected chi connectivity index (χ3v) is 9.23. The third kappa shape index (κ3) is 4.92. The van der Waals surface area contributed by atoms with Crippen molar-refractivity contribution in [3.8, 4) is 0 Å². The van der Waals surface area contributed by atoms with Crippen LogP contribution in [0.4, 0.5) is 10.1 Å². The Morgan fingerprint density at radius 2 is 1.83 bits per heavy atom. The Bertz CT molecular complexity index is 1070. The lowest BCUT2D eigenvalue weighted by molar-refractivity contribution is -0.120. The summed E-state index contributed by atoms with van der Waals surface area (Å²) in [6.45, 7) is 6.94. The van der Waals surface area contributed by atoms with Crippen LogP contribution < -0.4 is 4.90 Å². The summed E-state index contributed by atoms with van der Waals surface area (Å²) in [5.74, 6) is 1.56. The Balaban J connectivity index is 1.32. The molecule has 6 rings (SSSR count). The van der Waals surface area contributed by atoms with Gasteiger partial charge in [-0.1, -0.05) is 25.9 Å². The zero-order valence-electron chi connectivity index (χ0n) is 21.1. The number of pyridine rings is 1. The lowest BCUT2D eigenvalue weighted by Crippen LogP contribution is -2.51. The summed E-state index contributed by atoms with van der Waals surface area (Å²) < 4.78 is 21.0. The monoisotopic (exact) mass is 546 g/mol. The zero-order valence-corrected chi connectivity index (χ0v) is 22.7. The summed E-state index contributed by atoms with van der Waals surface area (Å²) in [6.07, 6.45) is 10.5. The van der Waals surface area contributed by atoms with Crippen LogP contribution in [-0.4, -0.2) is 33.2 Å². The smallest absolute Gasteiger partial charge is 0.232 e. The minimum Gasteiger partial charge on any atom is -0.339 e. The molecular weight excluding hydrogens is 511 g/mol. The van der Waals surface area contributed by atoms with E-state index in [-0.39, 0.29) is 28.6 Å². The molecule has 2 aromatic rings. The number of fused-ring (bicyclic) bond motifs is 3. The molecule has 2 aromatic heterocycles. The maximum atomic E-state index is 14.7. The Morgan fingerprint density at radius 1 is 1.14 bits per heavy atom. The maximum absolute atomic E-state index is 14.7. The number of hydrogen-bond acceptors (Lipinski definition) is 5. The fourth-order valence-corrected chi connectivity index (χ4v) is 6.43. The number of nitrogens with zero attached hydrogens (tertiary/aromatic N) is 4. The molecule has 1 amide bonds. The second-order valence-corrected chi connectivity index (χ2v) is 13.1. The van der Waals surface area contributed by atoms with Crippen molar-refractivity contribution in [3.05, 3.63) is 34.6 Å². The Hall–Kier alpha value is -1.83. The highest BCUT2D eigenvalue weighted by atomic mass is 79.9.